The minimum absolute atomic E-state index is 0.199. The molecule has 3 fully saturated rings. The van der Waals surface area contributed by atoms with Crippen molar-refractivity contribution in [1.29, 1.82) is 0 Å². The van der Waals surface area contributed by atoms with E-state index in [1.54, 1.807) is 0 Å². The van der Waals surface area contributed by atoms with Crippen LogP contribution in [-0.4, -0.2) is 26.3 Å². The smallest absolute Gasteiger partial charge is 0.157 e. The molecule has 29 heavy (non-hydrogen) atoms. The van der Waals surface area contributed by atoms with Gasteiger partial charge in [0.15, 0.2) is 5.78 Å². The van der Waals surface area contributed by atoms with Crippen molar-refractivity contribution < 1.29 is 9.90 Å². The average molecular weight is 401 g/mol. The van der Waals surface area contributed by atoms with Gasteiger partial charge in [-0.25, -0.2) is 0 Å². The molecule has 3 aliphatic rings. The molecule has 1 N–H and O–H groups in total. The lowest BCUT2D eigenvalue weighted by Gasteiger charge is -2.50. The van der Waals surface area contributed by atoms with Gasteiger partial charge in [-0.1, -0.05) is 13.3 Å². The number of carbonyl (C=O) groups excluding carboxylic acids is 1. The zero-order valence-electron chi connectivity index (χ0n) is 18.6. The summed E-state index contributed by atoms with van der Waals surface area (Å²) in [5, 5.41) is 15.0. The van der Waals surface area contributed by atoms with Crippen molar-refractivity contribution in [3.63, 3.8) is 0 Å². The number of fused-ring (bicyclic) bond motifs is 3. The minimum Gasteiger partial charge on any atom is -0.390 e. The first kappa shape index (κ1) is 21.1. The van der Waals surface area contributed by atoms with Crippen molar-refractivity contribution >= 4 is 5.78 Å². The molecule has 0 spiro atoms. The van der Waals surface area contributed by atoms with E-state index in [-0.39, 0.29) is 5.92 Å². The third-order valence-electron chi connectivity index (χ3n) is 8.63. The van der Waals surface area contributed by atoms with E-state index in [1.807, 2.05) is 30.8 Å². The van der Waals surface area contributed by atoms with Crippen LogP contribution in [0.3, 0.4) is 0 Å². The number of nitrogens with zero attached hydrogens (tertiary/aromatic N) is 2. The van der Waals surface area contributed by atoms with Gasteiger partial charge in [0.2, 0.25) is 0 Å². The summed E-state index contributed by atoms with van der Waals surface area (Å²) in [5.74, 6) is 4.43. The van der Waals surface area contributed by atoms with Gasteiger partial charge < -0.3 is 5.11 Å². The molecule has 3 saturated carbocycles. The second kappa shape index (κ2) is 8.53. The van der Waals surface area contributed by atoms with Gasteiger partial charge in [-0.3, -0.25) is 9.48 Å². The van der Waals surface area contributed by atoms with E-state index in [1.165, 1.54) is 38.5 Å². The van der Waals surface area contributed by atoms with Crippen molar-refractivity contribution in [2.75, 3.05) is 0 Å². The first-order valence-corrected chi connectivity index (χ1v) is 12.1. The number of aromatic nitrogens is 2. The van der Waals surface area contributed by atoms with Gasteiger partial charge >= 0.3 is 0 Å². The van der Waals surface area contributed by atoms with E-state index in [2.05, 4.69) is 12.0 Å². The fourth-order valence-corrected chi connectivity index (χ4v) is 7.07. The molecule has 0 saturated heterocycles. The Balaban J connectivity index is 1.42. The van der Waals surface area contributed by atoms with Gasteiger partial charge in [-0.05, 0) is 107 Å². The maximum Gasteiger partial charge on any atom is 0.157 e. The number of carbonyl (C=O) groups is 1. The molecule has 0 bridgehead atoms. The molecular weight excluding hydrogens is 360 g/mol. The van der Waals surface area contributed by atoms with Crippen LogP contribution in [0.5, 0.6) is 0 Å². The second-order valence-corrected chi connectivity index (χ2v) is 10.9. The van der Waals surface area contributed by atoms with Crippen LogP contribution < -0.4 is 0 Å². The number of rotatable bonds is 3. The molecule has 1 aromatic heterocycles. The maximum atomic E-state index is 13.0. The van der Waals surface area contributed by atoms with E-state index in [0.29, 0.717) is 24.2 Å². The summed E-state index contributed by atoms with van der Waals surface area (Å²) in [5.41, 5.74) is 0.534. The van der Waals surface area contributed by atoms with Gasteiger partial charge in [-0.2, -0.15) is 5.10 Å². The lowest BCUT2D eigenvalue weighted by atomic mass is 9.56. The van der Waals surface area contributed by atoms with E-state index in [0.717, 1.165) is 49.1 Å². The van der Waals surface area contributed by atoms with Crippen LogP contribution >= 0.6 is 0 Å². The molecule has 0 aromatic carbocycles. The van der Waals surface area contributed by atoms with E-state index in [9.17, 15) is 9.90 Å². The number of hydrogen-bond acceptors (Lipinski definition) is 3. The normalized spacial score (nSPS) is 40.8. The summed E-state index contributed by atoms with van der Waals surface area (Å²) in [7, 11) is 0. The summed E-state index contributed by atoms with van der Waals surface area (Å²) in [6.45, 7) is 6.89. The van der Waals surface area contributed by atoms with Crippen molar-refractivity contribution in [2.45, 2.75) is 97.1 Å². The summed E-state index contributed by atoms with van der Waals surface area (Å²) in [6.07, 6.45) is 13.5. The quantitative estimate of drug-likeness (QED) is 0.761. The minimum atomic E-state index is -0.444. The second-order valence-electron chi connectivity index (χ2n) is 10.9. The molecule has 1 aromatic rings. The number of hydrogen-bond donors (Lipinski definition) is 1. The summed E-state index contributed by atoms with van der Waals surface area (Å²) >= 11 is 0. The van der Waals surface area contributed by atoms with Gasteiger partial charge in [0.1, 0.15) is 0 Å². The predicted octanol–water partition coefficient (Wildman–Crippen LogP) is 5.17. The third-order valence-corrected chi connectivity index (χ3v) is 8.63. The Morgan fingerprint density at radius 3 is 2.72 bits per heavy atom. The van der Waals surface area contributed by atoms with Crippen molar-refractivity contribution in [3.8, 4) is 0 Å². The molecule has 1 heterocycles. The van der Waals surface area contributed by atoms with Crippen LogP contribution in [0.4, 0.5) is 0 Å². The standard InChI is InChI=1S/C25H40N2O2/c1-17-7-8-19(24(28)16-27-14-12-18(2)26-27)5-4-6-23-21(17)10-9-20-15-25(3,29)13-11-22(20)23/h12,14,17,19-23,29H,4-11,13,15-16H2,1-3H3. The first-order chi connectivity index (χ1) is 13.8. The Bertz CT molecular complexity index is 709. The SMILES string of the molecule is Cc1ccn(CC(=O)C2CCCC3C(CCC4CC(C)(O)CCC43)C(C)CC2)n1. The molecule has 4 rings (SSSR count). The molecule has 0 aliphatic heterocycles. The zero-order chi connectivity index (χ0) is 20.6. The van der Waals surface area contributed by atoms with Crippen LogP contribution in [-0.2, 0) is 11.3 Å². The third kappa shape index (κ3) is 4.78. The Hall–Kier alpha value is -1.16. The molecule has 0 radical (unpaired) electrons. The number of aliphatic hydroxyl groups is 1. The molecular formula is C25H40N2O2. The molecule has 162 valence electrons. The fourth-order valence-electron chi connectivity index (χ4n) is 7.07. The molecule has 7 unspecified atom stereocenters. The van der Waals surface area contributed by atoms with E-state index in [4.69, 9.17) is 0 Å². The van der Waals surface area contributed by atoms with Crippen LogP contribution in [0.1, 0.15) is 83.7 Å². The monoisotopic (exact) mass is 400 g/mol. The zero-order valence-corrected chi connectivity index (χ0v) is 18.6. The Morgan fingerprint density at radius 1 is 1.14 bits per heavy atom. The maximum absolute atomic E-state index is 13.0. The lowest BCUT2D eigenvalue weighted by Crippen LogP contribution is -2.45. The van der Waals surface area contributed by atoms with Crippen LogP contribution in [0, 0.1) is 42.4 Å². The Labute approximate surface area is 176 Å². The van der Waals surface area contributed by atoms with Gasteiger partial charge in [0.05, 0.1) is 17.8 Å². The number of Topliss-reactive ketones (excluding diaryl/α,β-unsaturated/α-hetero) is 1. The molecule has 3 aliphatic carbocycles. The van der Waals surface area contributed by atoms with Gasteiger partial charge in [-0.15, -0.1) is 0 Å². The van der Waals surface area contributed by atoms with Crippen molar-refractivity contribution in [3.05, 3.63) is 18.0 Å². The highest BCUT2D eigenvalue weighted by atomic mass is 16.3. The van der Waals surface area contributed by atoms with Crippen LogP contribution in [0.2, 0.25) is 0 Å². The molecule has 4 nitrogen and oxygen atoms in total. The highest BCUT2D eigenvalue weighted by Gasteiger charge is 2.46. The summed E-state index contributed by atoms with van der Waals surface area (Å²) in [6, 6.07) is 1.97. The van der Waals surface area contributed by atoms with Crippen LogP contribution in [0.15, 0.2) is 12.3 Å². The number of aryl methyl sites for hydroxylation is 1. The highest BCUT2D eigenvalue weighted by Crippen LogP contribution is 2.53. The Morgan fingerprint density at radius 2 is 1.97 bits per heavy atom. The van der Waals surface area contributed by atoms with Crippen LogP contribution in [0.25, 0.3) is 0 Å². The molecule has 7 atom stereocenters. The fraction of sp³-hybridized carbons (Fsp3) is 0.840. The summed E-state index contributed by atoms with van der Waals surface area (Å²) in [4.78, 5) is 13.0. The highest BCUT2D eigenvalue weighted by molar-refractivity contribution is 5.80. The average Bonchev–Trinajstić information content (AvgIpc) is 3.09. The largest absolute Gasteiger partial charge is 0.390 e. The predicted molar refractivity (Wildman–Crippen MR) is 115 cm³/mol. The summed E-state index contributed by atoms with van der Waals surface area (Å²) < 4.78 is 1.81. The van der Waals surface area contributed by atoms with E-state index >= 15 is 0 Å². The van der Waals surface area contributed by atoms with Crippen molar-refractivity contribution in [1.82, 2.24) is 9.78 Å². The topological polar surface area (TPSA) is 55.1 Å². The van der Waals surface area contributed by atoms with E-state index < -0.39 is 5.60 Å². The molecule has 0 amide bonds. The van der Waals surface area contributed by atoms with Gasteiger partial charge in [0.25, 0.3) is 0 Å². The Kier molecular flexibility index (Phi) is 6.20. The van der Waals surface area contributed by atoms with Gasteiger partial charge in [0, 0.05) is 12.1 Å². The number of ketones is 1. The molecule has 4 heteroatoms. The lowest BCUT2D eigenvalue weighted by molar-refractivity contribution is -0.124. The first-order valence-electron chi connectivity index (χ1n) is 12.1. The van der Waals surface area contributed by atoms with Crippen molar-refractivity contribution in [2.24, 2.45) is 35.5 Å².